The number of hydrogen-bond acceptors (Lipinski definition) is 4. The van der Waals surface area contributed by atoms with Gasteiger partial charge >= 0.3 is 0 Å². The van der Waals surface area contributed by atoms with E-state index in [1.165, 1.54) is 0 Å². The molecule has 1 aromatic carbocycles. The molecule has 0 amide bonds. The van der Waals surface area contributed by atoms with Gasteiger partial charge in [-0.2, -0.15) is 0 Å². The van der Waals surface area contributed by atoms with Crippen molar-refractivity contribution in [3.8, 4) is 5.75 Å². The molecule has 20 heavy (non-hydrogen) atoms. The SMILES string of the molecule is C=C(C)COc1ccc(C(O)C(C)NCC(C)O)cc1. The average molecular weight is 279 g/mol. The van der Waals surface area contributed by atoms with Gasteiger partial charge in [-0.25, -0.2) is 0 Å². The van der Waals surface area contributed by atoms with Crippen LogP contribution in [0.25, 0.3) is 0 Å². The van der Waals surface area contributed by atoms with E-state index in [1.54, 1.807) is 6.92 Å². The van der Waals surface area contributed by atoms with Gasteiger partial charge in [0.05, 0.1) is 12.2 Å². The van der Waals surface area contributed by atoms with E-state index in [4.69, 9.17) is 4.74 Å². The average Bonchev–Trinajstić information content (AvgIpc) is 2.42. The molecule has 0 radical (unpaired) electrons. The van der Waals surface area contributed by atoms with E-state index < -0.39 is 12.2 Å². The molecule has 4 heteroatoms. The summed E-state index contributed by atoms with van der Waals surface area (Å²) >= 11 is 0. The van der Waals surface area contributed by atoms with Crippen molar-refractivity contribution in [1.29, 1.82) is 0 Å². The monoisotopic (exact) mass is 279 g/mol. The molecular formula is C16H25NO3. The second kappa shape index (κ2) is 8.04. The molecule has 1 aromatic rings. The Morgan fingerprint density at radius 3 is 2.35 bits per heavy atom. The lowest BCUT2D eigenvalue weighted by atomic mass is 10.0. The predicted molar refractivity (Wildman–Crippen MR) is 80.9 cm³/mol. The molecule has 0 saturated carbocycles. The van der Waals surface area contributed by atoms with Gasteiger partial charge in [0.1, 0.15) is 12.4 Å². The van der Waals surface area contributed by atoms with Crippen LogP contribution < -0.4 is 10.1 Å². The molecule has 0 aliphatic heterocycles. The summed E-state index contributed by atoms with van der Waals surface area (Å²) in [7, 11) is 0. The molecule has 0 aliphatic carbocycles. The topological polar surface area (TPSA) is 61.7 Å². The van der Waals surface area contributed by atoms with Crippen molar-refractivity contribution in [1.82, 2.24) is 5.32 Å². The summed E-state index contributed by atoms with van der Waals surface area (Å²) in [4.78, 5) is 0. The van der Waals surface area contributed by atoms with Gasteiger partial charge in [0.15, 0.2) is 0 Å². The van der Waals surface area contributed by atoms with Crippen LogP contribution in [0.15, 0.2) is 36.4 Å². The van der Waals surface area contributed by atoms with Crippen molar-refractivity contribution in [3.63, 3.8) is 0 Å². The minimum Gasteiger partial charge on any atom is -0.489 e. The Bertz CT molecular complexity index is 414. The van der Waals surface area contributed by atoms with Crippen LogP contribution in [0.2, 0.25) is 0 Å². The van der Waals surface area contributed by atoms with Gasteiger partial charge in [0, 0.05) is 12.6 Å². The summed E-state index contributed by atoms with van der Waals surface area (Å²) in [6, 6.07) is 7.23. The first kappa shape index (κ1) is 16.7. The maximum atomic E-state index is 10.2. The van der Waals surface area contributed by atoms with Gasteiger partial charge in [-0.1, -0.05) is 18.7 Å². The molecule has 0 fully saturated rings. The number of aliphatic hydroxyl groups excluding tert-OH is 2. The fraction of sp³-hybridized carbons (Fsp3) is 0.500. The van der Waals surface area contributed by atoms with Gasteiger partial charge in [0.25, 0.3) is 0 Å². The molecule has 3 N–H and O–H groups in total. The van der Waals surface area contributed by atoms with Crippen LogP contribution in [-0.4, -0.2) is 35.5 Å². The largest absolute Gasteiger partial charge is 0.489 e. The van der Waals surface area contributed by atoms with Gasteiger partial charge in [-0.05, 0) is 44.0 Å². The maximum Gasteiger partial charge on any atom is 0.119 e. The second-order valence-corrected chi connectivity index (χ2v) is 5.31. The van der Waals surface area contributed by atoms with E-state index in [-0.39, 0.29) is 6.04 Å². The molecule has 4 nitrogen and oxygen atoms in total. The van der Waals surface area contributed by atoms with E-state index in [9.17, 15) is 10.2 Å². The molecule has 0 saturated heterocycles. The summed E-state index contributed by atoms with van der Waals surface area (Å²) in [5, 5.41) is 22.5. The summed E-state index contributed by atoms with van der Waals surface area (Å²) in [5.74, 6) is 0.758. The summed E-state index contributed by atoms with van der Waals surface area (Å²) in [5.41, 5.74) is 1.78. The van der Waals surface area contributed by atoms with Crippen molar-refractivity contribution >= 4 is 0 Å². The quantitative estimate of drug-likeness (QED) is 0.637. The van der Waals surface area contributed by atoms with Gasteiger partial charge in [-0.3, -0.25) is 0 Å². The number of aliphatic hydroxyl groups is 2. The smallest absolute Gasteiger partial charge is 0.119 e. The Labute approximate surface area is 121 Å². The van der Waals surface area contributed by atoms with E-state index in [1.807, 2.05) is 38.1 Å². The minimum atomic E-state index is -0.621. The first-order chi connectivity index (χ1) is 9.40. The first-order valence-electron chi connectivity index (χ1n) is 6.86. The first-order valence-corrected chi connectivity index (χ1v) is 6.86. The molecule has 1 rings (SSSR count). The molecule has 0 spiro atoms. The van der Waals surface area contributed by atoms with Crippen LogP contribution in [0, 0.1) is 0 Å². The van der Waals surface area contributed by atoms with Crippen molar-refractivity contribution in [2.24, 2.45) is 0 Å². The Kier molecular flexibility index (Phi) is 6.71. The molecule has 0 bridgehead atoms. The maximum absolute atomic E-state index is 10.2. The second-order valence-electron chi connectivity index (χ2n) is 5.31. The molecular weight excluding hydrogens is 254 g/mol. The zero-order valence-electron chi connectivity index (χ0n) is 12.5. The summed E-state index contributed by atoms with van der Waals surface area (Å²) in [6.07, 6.45) is -1.05. The molecule has 112 valence electrons. The highest BCUT2D eigenvalue weighted by atomic mass is 16.5. The van der Waals surface area contributed by atoms with Gasteiger partial charge in [-0.15, -0.1) is 0 Å². The van der Waals surface area contributed by atoms with Crippen LogP contribution >= 0.6 is 0 Å². The predicted octanol–water partition coefficient (Wildman–Crippen LogP) is 2.03. The summed E-state index contributed by atoms with van der Waals surface area (Å²) < 4.78 is 5.51. The number of nitrogens with one attached hydrogen (secondary N) is 1. The lowest BCUT2D eigenvalue weighted by Crippen LogP contribution is -2.36. The van der Waals surface area contributed by atoms with Gasteiger partial charge in [0.2, 0.25) is 0 Å². The van der Waals surface area contributed by atoms with E-state index >= 15 is 0 Å². The lowest BCUT2D eigenvalue weighted by Gasteiger charge is -2.21. The number of benzene rings is 1. The van der Waals surface area contributed by atoms with Crippen LogP contribution in [0.3, 0.4) is 0 Å². The van der Waals surface area contributed by atoms with Crippen LogP contribution in [-0.2, 0) is 0 Å². The van der Waals surface area contributed by atoms with Crippen molar-refractivity contribution in [3.05, 3.63) is 42.0 Å². The number of ether oxygens (including phenoxy) is 1. The third-order valence-corrected chi connectivity index (χ3v) is 2.92. The number of rotatable bonds is 8. The molecule has 0 aliphatic rings. The van der Waals surface area contributed by atoms with E-state index in [2.05, 4.69) is 11.9 Å². The molecule has 3 unspecified atom stereocenters. The fourth-order valence-corrected chi connectivity index (χ4v) is 1.72. The third-order valence-electron chi connectivity index (χ3n) is 2.92. The van der Waals surface area contributed by atoms with Crippen LogP contribution in [0.5, 0.6) is 5.75 Å². The molecule has 3 atom stereocenters. The molecule has 0 aromatic heterocycles. The van der Waals surface area contributed by atoms with E-state index in [0.29, 0.717) is 13.2 Å². The standard InChI is InChI=1S/C16H25NO3/c1-11(2)10-20-15-7-5-14(6-8-15)16(19)13(4)17-9-12(3)18/h5-8,12-13,16-19H,1,9-10H2,2-4H3. The Balaban J connectivity index is 2.56. The zero-order valence-corrected chi connectivity index (χ0v) is 12.5. The highest BCUT2D eigenvalue weighted by Crippen LogP contribution is 2.20. The Morgan fingerprint density at radius 2 is 1.85 bits per heavy atom. The highest BCUT2D eigenvalue weighted by Gasteiger charge is 2.16. The Hall–Kier alpha value is -1.36. The van der Waals surface area contributed by atoms with Crippen LogP contribution in [0.4, 0.5) is 0 Å². The van der Waals surface area contributed by atoms with Crippen molar-refractivity contribution in [2.75, 3.05) is 13.2 Å². The van der Waals surface area contributed by atoms with Gasteiger partial charge < -0.3 is 20.3 Å². The fourth-order valence-electron chi connectivity index (χ4n) is 1.72. The summed E-state index contributed by atoms with van der Waals surface area (Å²) in [6.45, 7) is 10.2. The molecule has 0 heterocycles. The third kappa shape index (κ3) is 5.74. The van der Waals surface area contributed by atoms with Crippen molar-refractivity contribution < 1.29 is 14.9 Å². The number of hydrogen-bond donors (Lipinski definition) is 3. The Morgan fingerprint density at radius 1 is 1.25 bits per heavy atom. The minimum absolute atomic E-state index is 0.133. The van der Waals surface area contributed by atoms with Crippen molar-refractivity contribution in [2.45, 2.75) is 39.0 Å². The van der Waals surface area contributed by atoms with E-state index in [0.717, 1.165) is 16.9 Å². The lowest BCUT2D eigenvalue weighted by molar-refractivity contribution is 0.121. The highest BCUT2D eigenvalue weighted by molar-refractivity contribution is 5.29. The normalized spacial score (nSPS) is 15.4. The van der Waals surface area contributed by atoms with Crippen LogP contribution in [0.1, 0.15) is 32.4 Å². The zero-order chi connectivity index (χ0) is 15.1.